The number of ether oxygens (including phenoxy) is 3. The molecular weight excluding hydrogens is 274 g/mol. The number of carbonyl (C=O) groups excluding carboxylic acids is 2. The van der Waals surface area contributed by atoms with Gasteiger partial charge in [0, 0.05) is 20.2 Å². The minimum absolute atomic E-state index is 0.240. The van der Waals surface area contributed by atoms with Crippen LogP contribution in [-0.2, 0) is 19.0 Å². The zero-order chi connectivity index (χ0) is 16.1. The summed E-state index contributed by atoms with van der Waals surface area (Å²) < 4.78 is 15.7. The van der Waals surface area contributed by atoms with Crippen LogP contribution < -0.4 is 0 Å². The van der Waals surface area contributed by atoms with E-state index in [9.17, 15) is 9.59 Å². The van der Waals surface area contributed by atoms with Crippen LogP contribution in [0.25, 0.3) is 0 Å². The van der Waals surface area contributed by atoms with E-state index < -0.39 is 11.0 Å². The zero-order valence-corrected chi connectivity index (χ0v) is 13.7. The SMILES string of the molecule is CCOC(=O)C1(COC)CCN(C(=O)OC(C)(C)C)CC1. The van der Waals surface area contributed by atoms with Crippen LogP contribution in [0.2, 0.25) is 0 Å². The first-order chi connectivity index (χ1) is 9.74. The van der Waals surface area contributed by atoms with Gasteiger partial charge >= 0.3 is 12.1 Å². The van der Waals surface area contributed by atoms with Crippen LogP contribution in [0, 0.1) is 5.41 Å². The van der Waals surface area contributed by atoms with Gasteiger partial charge in [-0.15, -0.1) is 0 Å². The lowest BCUT2D eigenvalue weighted by molar-refractivity contribution is -0.162. The highest BCUT2D eigenvalue weighted by Crippen LogP contribution is 2.34. The molecule has 1 fully saturated rings. The van der Waals surface area contributed by atoms with E-state index in [-0.39, 0.29) is 12.1 Å². The molecule has 21 heavy (non-hydrogen) atoms. The Morgan fingerprint density at radius 1 is 1.19 bits per heavy atom. The lowest BCUT2D eigenvalue weighted by Gasteiger charge is -2.39. The van der Waals surface area contributed by atoms with Gasteiger partial charge in [-0.3, -0.25) is 4.79 Å². The highest BCUT2D eigenvalue weighted by atomic mass is 16.6. The third-order valence-corrected chi connectivity index (χ3v) is 3.50. The predicted molar refractivity (Wildman–Crippen MR) is 78.0 cm³/mol. The average Bonchev–Trinajstić information content (AvgIpc) is 2.38. The molecule has 1 rings (SSSR count). The van der Waals surface area contributed by atoms with Crippen LogP contribution in [0.3, 0.4) is 0 Å². The molecular formula is C15H27NO5. The van der Waals surface area contributed by atoms with Crippen molar-refractivity contribution in [3.63, 3.8) is 0 Å². The number of nitrogens with zero attached hydrogens (tertiary/aromatic N) is 1. The van der Waals surface area contributed by atoms with E-state index in [1.54, 1.807) is 18.9 Å². The lowest BCUT2D eigenvalue weighted by Crippen LogP contribution is -2.50. The van der Waals surface area contributed by atoms with Crippen molar-refractivity contribution >= 4 is 12.1 Å². The average molecular weight is 301 g/mol. The van der Waals surface area contributed by atoms with E-state index in [0.29, 0.717) is 39.1 Å². The zero-order valence-electron chi connectivity index (χ0n) is 13.7. The molecule has 1 aliphatic rings. The largest absolute Gasteiger partial charge is 0.465 e. The molecule has 122 valence electrons. The van der Waals surface area contributed by atoms with Crippen LogP contribution >= 0.6 is 0 Å². The van der Waals surface area contributed by atoms with Gasteiger partial charge in [-0.25, -0.2) is 4.79 Å². The Balaban J connectivity index is 2.66. The Morgan fingerprint density at radius 3 is 2.19 bits per heavy atom. The first-order valence-corrected chi connectivity index (χ1v) is 7.38. The van der Waals surface area contributed by atoms with E-state index in [1.807, 2.05) is 20.8 Å². The second-order valence-corrected chi connectivity index (χ2v) is 6.40. The molecule has 0 N–H and O–H groups in total. The molecule has 0 spiro atoms. The molecule has 1 amide bonds. The van der Waals surface area contributed by atoms with E-state index in [0.717, 1.165) is 0 Å². The number of carbonyl (C=O) groups is 2. The standard InChI is InChI=1S/C15H27NO5/c1-6-20-12(17)15(11-19-5)7-9-16(10-8-15)13(18)21-14(2,3)4/h6-11H2,1-5H3. The minimum Gasteiger partial charge on any atom is -0.465 e. The van der Waals surface area contributed by atoms with Crippen molar-refractivity contribution in [2.24, 2.45) is 5.41 Å². The fraction of sp³-hybridized carbons (Fsp3) is 0.867. The number of hydrogen-bond acceptors (Lipinski definition) is 5. The maximum absolute atomic E-state index is 12.2. The minimum atomic E-state index is -0.650. The normalized spacial score (nSPS) is 18.2. The van der Waals surface area contributed by atoms with Gasteiger partial charge in [-0.2, -0.15) is 0 Å². The number of likely N-dealkylation sites (tertiary alicyclic amines) is 1. The van der Waals surface area contributed by atoms with E-state index in [2.05, 4.69) is 0 Å². The maximum Gasteiger partial charge on any atom is 0.410 e. The monoisotopic (exact) mass is 301 g/mol. The van der Waals surface area contributed by atoms with Gasteiger partial charge in [0.1, 0.15) is 5.60 Å². The molecule has 0 unspecified atom stereocenters. The Hall–Kier alpha value is -1.30. The van der Waals surface area contributed by atoms with Crippen LogP contribution in [-0.4, -0.2) is 56.0 Å². The number of esters is 1. The molecule has 0 atom stereocenters. The summed E-state index contributed by atoms with van der Waals surface area (Å²) in [7, 11) is 1.57. The number of hydrogen-bond donors (Lipinski definition) is 0. The molecule has 6 nitrogen and oxygen atoms in total. The topological polar surface area (TPSA) is 65.1 Å². The van der Waals surface area contributed by atoms with Gasteiger partial charge in [-0.1, -0.05) is 0 Å². The Kier molecular flexibility index (Phi) is 6.01. The van der Waals surface area contributed by atoms with Crippen LogP contribution in [0.15, 0.2) is 0 Å². The third kappa shape index (κ3) is 4.88. The van der Waals surface area contributed by atoms with Crippen LogP contribution in [0.4, 0.5) is 4.79 Å². The van der Waals surface area contributed by atoms with Crippen molar-refractivity contribution in [3.8, 4) is 0 Å². The quantitative estimate of drug-likeness (QED) is 0.745. The Bertz CT molecular complexity index is 367. The van der Waals surface area contributed by atoms with Crippen molar-refractivity contribution in [2.75, 3.05) is 33.4 Å². The van der Waals surface area contributed by atoms with Crippen molar-refractivity contribution in [2.45, 2.75) is 46.1 Å². The Labute approximate surface area is 126 Å². The molecule has 0 aromatic rings. The van der Waals surface area contributed by atoms with E-state index in [1.165, 1.54) is 0 Å². The summed E-state index contributed by atoms with van der Waals surface area (Å²) in [5, 5.41) is 0. The molecule has 1 heterocycles. The number of methoxy groups -OCH3 is 1. The van der Waals surface area contributed by atoms with Crippen molar-refractivity contribution in [1.82, 2.24) is 4.90 Å². The van der Waals surface area contributed by atoms with Gasteiger partial charge in [0.15, 0.2) is 0 Å². The second kappa shape index (κ2) is 7.11. The number of piperidine rings is 1. The molecule has 6 heteroatoms. The third-order valence-electron chi connectivity index (χ3n) is 3.50. The fourth-order valence-electron chi connectivity index (χ4n) is 2.41. The first kappa shape index (κ1) is 17.8. The van der Waals surface area contributed by atoms with Crippen LogP contribution in [0.1, 0.15) is 40.5 Å². The summed E-state index contributed by atoms with van der Waals surface area (Å²) in [4.78, 5) is 25.9. The highest BCUT2D eigenvalue weighted by Gasteiger charge is 2.44. The van der Waals surface area contributed by atoms with Gasteiger partial charge in [0.25, 0.3) is 0 Å². The van der Waals surface area contributed by atoms with Crippen molar-refractivity contribution in [3.05, 3.63) is 0 Å². The lowest BCUT2D eigenvalue weighted by atomic mass is 9.79. The molecule has 1 saturated heterocycles. The summed E-state index contributed by atoms with van der Waals surface area (Å²) in [5.41, 5.74) is -1.16. The summed E-state index contributed by atoms with van der Waals surface area (Å²) in [6.07, 6.45) is 0.718. The summed E-state index contributed by atoms with van der Waals surface area (Å²) in [6.45, 7) is 8.89. The van der Waals surface area contributed by atoms with Crippen LogP contribution in [0.5, 0.6) is 0 Å². The molecule has 0 aliphatic carbocycles. The molecule has 0 bridgehead atoms. The first-order valence-electron chi connectivity index (χ1n) is 7.38. The van der Waals surface area contributed by atoms with Gasteiger partial charge in [0.2, 0.25) is 0 Å². The predicted octanol–water partition coefficient (Wildman–Crippen LogP) is 2.21. The molecule has 1 aliphatic heterocycles. The smallest absolute Gasteiger partial charge is 0.410 e. The van der Waals surface area contributed by atoms with E-state index >= 15 is 0 Å². The summed E-state index contributed by atoms with van der Waals surface area (Å²) in [6, 6.07) is 0. The molecule has 0 aromatic carbocycles. The van der Waals surface area contributed by atoms with Crippen molar-refractivity contribution < 1.29 is 23.8 Å². The molecule has 0 radical (unpaired) electrons. The van der Waals surface area contributed by atoms with Gasteiger partial charge in [0.05, 0.1) is 18.6 Å². The van der Waals surface area contributed by atoms with Gasteiger partial charge in [-0.05, 0) is 40.5 Å². The molecule has 0 saturated carbocycles. The molecule has 0 aromatic heterocycles. The Morgan fingerprint density at radius 2 is 1.76 bits per heavy atom. The van der Waals surface area contributed by atoms with E-state index in [4.69, 9.17) is 14.2 Å². The highest BCUT2D eigenvalue weighted by molar-refractivity contribution is 5.78. The second-order valence-electron chi connectivity index (χ2n) is 6.40. The fourth-order valence-corrected chi connectivity index (χ4v) is 2.41. The number of amides is 1. The maximum atomic E-state index is 12.2. The summed E-state index contributed by atoms with van der Waals surface area (Å²) >= 11 is 0. The summed E-state index contributed by atoms with van der Waals surface area (Å²) in [5.74, 6) is -0.240. The van der Waals surface area contributed by atoms with Crippen molar-refractivity contribution in [1.29, 1.82) is 0 Å². The number of rotatable bonds is 4. The van der Waals surface area contributed by atoms with Gasteiger partial charge < -0.3 is 19.1 Å².